The summed E-state index contributed by atoms with van der Waals surface area (Å²) in [5, 5.41) is 12.3. The van der Waals surface area contributed by atoms with E-state index in [1.807, 2.05) is 79.5 Å². The van der Waals surface area contributed by atoms with Crippen LogP contribution in [0.2, 0.25) is 0 Å². The fraction of sp³-hybridized carbons (Fsp3) is 0.192. The Morgan fingerprint density at radius 1 is 0.906 bits per heavy atom. The van der Waals surface area contributed by atoms with Gasteiger partial charge in [0.25, 0.3) is 11.8 Å². The van der Waals surface area contributed by atoms with Crippen molar-refractivity contribution >= 4 is 28.9 Å². The van der Waals surface area contributed by atoms with E-state index in [0.29, 0.717) is 23.4 Å². The molecule has 0 atom stereocenters. The van der Waals surface area contributed by atoms with E-state index in [2.05, 4.69) is 15.7 Å². The van der Waals surface area contributed by atoms with Gasteiger partial charge in [0, 0.05) is 42.0 Å². The molecular formula is C26H26N4O2. The number of nitrogens with one attached hydrogen (secondary N) is 2. The zero-order chi connectivity index (χ0) is 22.5. The fourth-order valence-corrected chi connectivity index (χ4v) is 3.50. The van der Waals surface area contributed by atoms with Crippen LogP contribution in [0, 0.1) is 6.92 Å². The quantitative estimate of drug-likeness (QED) is 0.597. The van der Waals surface area contributed by atoms with Crippen LogP contribution in [0.1, 0.15) is 45.2 Å². The van der Waals surface area contributed by atoms with Gasteiger partial charge >= 0.3 is 0 Å². The largest absolute Gasteiger partial charge is 0.348 e. The summed E-state index contributed by atoms with van der Waals surface area (Å²) in [5.74, 6) is -0.310. The van der Waals surface area contributed by atoms with Gasteiger partial charge in [0.05, 0.1) is 5.69 Å². The molecule has 1 aliphatic rings. The number of hydrazone groups is 1. The van der Waals surface area contributed by atoms with Gasteiger partial charge in [-0.15, -0.1) is 0 Å². The van der Waals surface area contributed by atoms with Crippen LogP contribution in [0.5, 0.6) is 0 Å². The molecule has 0 fully saturated rings. The summed E-state index contributed by atoms with van der Waals surface area (Å²) in [6.45, 7) is 5.24. The van der Waals surface area contributed by atoms with E-state index in [4.69, 9.17) is 0 Å². The van der Waals surface area contributed by atoms with E-state index in [1.165, 1.54) is 0 Å². The van der Waals surface area contributed by atoms with Crippen molar-refractivity contribution in [3.05, 3.63) is 95.1 Å². The van der Waals surface area contributed by atoms with Crippen LogP contribution in [0.15, 0.2) is 77.9 Å². The number of anilines is 2. The third-order valence-corrected chi connectivity index (χ3v) is 5.36. The highest BCUT2D eigenvalue weighted by Crippen LogP contribution is 2.20. The van der Waals surface area contributed by atoms with E-state index in [-0.39, 0.29) is 11.8 Å². The molecule has 1 aliphatic heterocycles. The highest BCUT2D eigenvalue weighted by Gasteiger charge is 2.13. The lowest BCUT2D eigenvalue weighted by molar-refractivity contribution is 0.0950. The van der Waals surface area contributed by atoms with Crippen LogP contribution in [-0.4, -0.2) is 24.1 Å². The number of rotatable bonds is 6. The second kappa shape index (κ2) is 9.47. The summed E-state index contributed by atoms with van der Waals surface area (Å²) in [5.41, 5.74) is 5.99. The number of aryl methyl sites for hydroxylation is 1. The minimum atomic E-state index is -0.163. The number of hydrogen-bond donors (Lipinski definition) is 2. The normalized spacial score (nSPS) is 12.9. The number of carbonyl (C=O) groups is 2. The Morgan fingerprint density at radius 2 is 1.59 bits per heavy atom. The van der Waals surface area contributed by atoms with E-state index in [9.17, 15) is 9.59 Å². The van der Waals surface area contributed by atoms with Crippen LogP contribution in [-0.2, 0) is 6.54 Å². The zero-order valence-electron chi connectivity index (χ0n) is 18.3. The minimum Gasteiger partial charge on any atom is -0.348 e. The average molecular weight is 427 g/mol. The molecule has 0 saturated heterocycles. The lowest BCUT2D eigenvalue weighted by Crippen LogP contribution is -2.23. The average Bonchev–Trinajstić information content (AvgIpc) is 3.24. The number of nitrogens with zero attached hydrogens (tertiary/aromatic N) is 2. The van der Waals surface area contributed by atoms with Crippen molar-refractivity contribution in [3.8, 4) is 0 Å². The SMILES string of the molecule is CC1=NN(c2ccc(C(=O)NCc3cccc(NC(=O)c4ccc(C)cc4)c3)cc2)CC1. The second-order valence-electron chi connectivity index (χ2n) is 7.96. The Morgan fingerprint density at radius 3 is 2.28 bits per heavy atom. The number of hydrogen-bond acceptors (Lipinski definition) is 4. The van der Waals surface area contributed by atoms with Gasteiger partial charge in [0.15, 0.2) is 0 Å². The van der Waals surface area contributed by atoms with Gasteiger partial charge in [-0.2, -0.15) is 5.10 Å². The number of carbonyl (C=O) groups excluding carboxylic acids is 2. The topological polar surface area (TPSA) is 73.8 Å². The van der Waals surface area contributed by atoms with Crippen LogP contribution in [0.4, 0.5) is 11.4 Å². The molecule has 2 N–H and O–H groups in total. The van der Waals surface area contributed by atoms with Crippen molar-refractivity contribution in [2.45, 2.75) is 26.8 Å². The lowest BCUT2D eigenvalue weighted by Gasteiger charge is -2.14. The lowest BCUT2D eigenvalue weighted by atomic mass is 10.1. The Kier molecular flexibility index (Phi) is 6.31. The van der Waals surface area contributed by atoms with Gasteiger partial charge < -0.3 is 10.6 Å². The molecule has 0 bridgehead atoms. The molecule has 3 aromatic rings. The van der Waals surface area contributed by atoms with Crippen molar-refractivity contribution in [2.75, 3.05) is 16.9 Å². The van der Waals surface area contributed by atoms with Crippen molar-refractivity contribution < 1.29 is 9.59 Å². The van der Waals surface area contributed by atoms with E-state index < -0.39 is 0 Å². The van der Waals surface area contributed by atoms with Gasteiger partial charge in [-0.05, 0) is 67.9 Å². The molecule has 6 heteroatoms. The van der Waals surface area contributed by atoms with Crippen LogP contribution >= 0.6 is 0 Å². The Balaban J connectivity index is 1.34. The first-order chi connectivity index (χ1) is 15.5. The van der Waals surface area contributed by atoms with Crippen molar-refractivity contribution in [2.24, 2.45) is 5.10 Å². The summed E-state index contributed by atoms with van der Waals surface area (Å²) in [6, 6.07) is 22.3. The maximum atomic E-state index is 12.6. The molecule has 32 heavy (non-hydrogen) atoms. The van der Waals surface area contributed by atoms with Gasteiger partial charge in [-0.3, -0.25) is 14.6 Å². The molecule has 0 unspecified atom stereocenters. The van der Waals surface area contributed by atoms with Gasteiger partial charge in [0.1, 0.15) is 0 Å². The van der Waals surface area contributed by atoms with Crippen LogP contribution < -0.4 is 15.6 Å². The van der Waals surface area contributed by atoms with Gasteiger partial charge in [-0.25, -0.2) is 0 Å². The maximum Gasteiger partial charge on any atom is 0.255 e. The predicted octanol–water partition coefficient (Wildman–Crippen LogP) is 4.76. The number of amides is 2. The fourth-order valence-electron chi connectivity index (χ4n) is 3.50. The molecule has 0 radical (unpaired) electrons. The van der Waals surface area contributed by atoms with Crippen molar-refractivity contribution in [3.63, 3.8) is 0 Å². The molecule has 4 rings (SSSR count). The summed E-state index contributed by atoms with van der Waals surface area (Å²) >= 11 is 0. The maximum absolute atomic E-state index is 12.6. The van der Waals surface area contributed by atoms with Gasteiger partial charge in [-0.1, -0.05) is 29.8 Å². The standard InChI is InChI=1S/C26H26N4O2/c1-18-6-8-22(9-7-18)26(32)28-23-5-3-4-20(16-23)17-27-25(31)21-10-12-24(13-11-21)30-15-14-19(2)29-30/h3-13,16H,14-15,17H2,1-2H3,(H,27,31)(H,28,32). The summed E-state index contributed by atoms with van der Waals surface area (Å²) in [4.78, 5) is 25.0. The molecule has 3 aromatic carbocycles. The number of benzene rings is 3. The van der Waals surface area contributed by atoms with Crippen LogP contribution in [0.3, 0.4) is 0 Å². The predicted molar refractivity (Wildman–Crippen MR) is 128 cm³/mol. The van der Waals surface area contributed by atoms with Crippen molar-refractivity contribution in [1.82, 2.24) is 5.32 Å². The van der Waals surface area contributed by atoms with E-state index in [1.54, 1.807) is 12.1 Å². The second-order valence-corrected chi connectivity index (χ2v) is 7.96. The monoisotopic (exact) mass is 426 g/mol. The molecule has 0 spiro atoms. The Bertz CT molecular complexity index is 1150. The summed E-state index contributed by atoms with van der Waals surface area (Å²) in [7, 11) is 0. The zero-order valence-corrected chi connectivity index (χ0v) is 18.3. The minimum absolute atomic E-state index is 0.147. The third kappa shape index (κ3) is 5.21. The molecule has 1 heterocycles. The summed E-state index contributed by atoms with van der Waals surface area (Å²) in [6.07, 6.45) is 0.965. The molecule has 0 aliphatic carbocycles. The molecule has 162 valence electrons. The van der Waals surface area contributed by atoms with Crippen molar-refractivity contribution in [1.29, 1.82) is 0 Å². The molecular weight excluding hydrogens is 400 g/mol. The highest BCUT2D eigenvalue weighted by molar-refractivity contribution is 6.04. The first kappa shape index (κ1) is 21.3. The van der Waals surface area contributed by atoms with E-state index >= 15 is 0 Å². The Hall–Kier alpha value is -3.93. The van der Waals surface area contributed by atoms with Gasteiger partial charge in [0.2, 0.25) is 0 Å². The third-order valence-electron chi connectivity index (χ3n) is 5.36. The molecule has 0 aromatic heterocycles. The summed E-state index contributed by atoms with van der Waals surface area (Å²) < 4.78 is 0. The smallest absolute Gasteiger partial charge is 0.255 e. The molecule has 0 saturated carbocycles. The van der Waals surface area contributed by atoms with E-state index in [0.717, 1.165) is 35.5 Å². The molecule has 6 nitrogen and oxygen atoms in total. The first-order valence-corrected chi connectivity index (χ1v) is 10.6. The van der Waals surface area contributed by atoms with Crippen LogP contribution in [0.25, 0.3) is 0 Å². The highest BCUT2D eigenvalue weighted by atomic mass is 16.2. The molecule has 2 amide bonds. The Labute approximate surface area is 188 Å². The first-order valence-electron chi connectivity index (χ1n) is 10.6.